The monoisotopic (exact) mass is 248 g/mol. The first-order valence-corrected chi connectivity index (χ1v) is 5.91. The number of benzene rings is 1. The molecule has 0 amide bonds. The van der Waals surface area contributed by atoms with Crippen LogP contribution in [0.25, 0.3) is 0 Å². The Morgan fingerprint density at radius 3 is 2.33 bits per heavy atom. The zero-order chi connectivity index (χ0) is 13.9. The van der Waals surface area contributed by atoms with Crippen LogP contribution < -0.4 is 4.74 Å². The Kier molecular flexibility index (Phi) is 4.68. The number of methoxy groups -OCH3 is 1. The summed E-state index contributed by atoms with van der Waals surface area (Å²) in [5, 5.41) is 10.2. The molecule has 1 unspecified atom stereocenters. The molecule has 1 rings (SSSR count). The zero-order valence-corrected chi connectivity index (χ0v) is 11.4. The van der Waals surface area contributed by atoms with Crippen LogP contribution in [0.4, 0.5) is 0 Å². The first-order chi connectivity index (χ1) is 8.49. The predicted octanol–water partition coefficient (Wildman–Crippen LogP) is 3.04. The molecule has 0 saturated carbocycles. The normalized spacial score (nSPS) is 12.1. The Labute approximate surface area is 108 Å². The smallest absolute Gasteiger partial charge is 0.150 e. The van der Waals surface area contributed by atoms with E-state index in [0.29, 0.717) is 17.5 Å². The molecular formula is C15H20O3. The van der Waals surface area contributed by atoms with Crippen LogP contribution in [0, 0.1) is 20.8 Å². The summed E-state index contributed by atoms with van der Waals surface area (Å²) in [6, 6.07) is 0. The number of ether oxygens (including phenoxy) is 1. The van der Waals surface area contributed by atoms with Crippen molar-refractivity contribution in [2.45, 2.75) is 33.3 Å². The Morgan fingerprint density at radius 2 is 1.89 bits per heavy atom. The Hall–Kier alpha value is -1.61. The quantitative estimate of drug-likeness (QED) is 0.643. The van der Waals surface area contributed by atoms with Gasteiger partial charge in [0.25, 0.3) is 0 Å². The lowest BCUT2D eigenvalue weighted by Gasteiger charge is -2.21. The number of carbonyl (C=O) groups is 1. The summed E-state index contributed by atoms with van der Waals surface area (Å²) in [6.45, 7) is 9.26. The Morgan fingerprint density at radius 1 is 1.28 bits per heavy atom. The molecule has 0 saturated heterocycles. The molecule has 1 aromatic carbocycles. The van der Waals surface area contributed by atoms with Crippen LogP contribution in [0.2, 0.25) is 0 Å². The lowest BCUT2D eigenvalue weighted by Crippen LogP contribution is -2.09. The lowest BCUT2D eigenvalue weighted by molar-refractivity contribution is 0.111. The highest BCUT2D eigenvalue weighted by Crippen LogP contribution is 2.36. The van der Waals surface area contributed by atoms with Crippen molar-refractivity contribution in [3.05, 3.63) is 40.5 Å². The van der Waals surface area contributed by atoms with Gasteiger partial charge < -0.3 is 9.84 Å². The standard InChI is InChI=1S/C15H20O3/c1-6-7-13(17)14-11(4)15(18-5)10(3)9(2)12(14)8-16/h6,8,13,17H,1,7H2,2-5H3. The summed E-state index contributed by atoms with van der Waals surface area (Å²) < 4.78 is 5.37. The molecule has 0 aliphatic heterocycles. The minimum atomic E-state index is -0.726. The Bertz CT molecular complexity index is 475. The highest BCUT2D eigenvalue weighted by molar-refractivity contribution is 5.82. The van der Waals surface area contributed by atoms with Gasteiger partial charge in [-0.1, -0.05) is 6.08 Å². The summed E-state index contributed by atoms with van der Waals surface area (Å²) in [4.78, 5) is 11.3. The van der Waals surface area contributed by atoms with E-state index >= 15 is 0 Å². The lowest BCUT2D eigenvalue weighted by atomic mass is 9.89. The molecule has 0 radical (unpaired) electrons. The second-order valence-corrected chi connectivity index (χ2v) is 4.39. The molecule has 0 aromatic heterocycles. The number of hydrogen-bond acceptors (Lipinski definition) is 3. The molecule has 0 aliphatic carbocycles. The van der Waals surface area contributed by atoms with Gasteiger partial charge in [-0.15, -0.1) is 6.58 Å². The summed E-state index contributed by atoms with van der Waals surface area (Å²) >= 11 is 0. The van der Waals surface area contributed by atoms with Crippen molar-refractivity contribution in [3.8, 4) is 5.75 Å². The SMILES string of the molecule is C=CCC(O)c1c(C)c(OC)c(C)c(C)c1C=O. The van der Waals surface area contributed by atoms with Crippen LogP contribution in [-0.4, -0.2) is 18.5 Å². The van der Waals surface area contributed by atoms with Crippen LogP contribution in [-0.2, 0) is 0 Å². The third-order valence-corrected chi connectivity index (χ3v) is 3.39. The molecule has 0 spiro atoms. The highest BCUT2D eigenvalue weighted by atomic mass is 16.5. The number of rotatable bonds is 5. The van der Waals surface area contributed by atoms with Crippen LogP contribution >= 0.6 is 0 Å². The summed E-state index contributed by atoms with van der Waals surface area (Å²) in [7, 11) is 1.60. The molecule has 18 heavy (non-hydrogen) atoms. The number of aliphatic hydroxyl groups excluding tert-OH is 1. The topological polar surface area (TPSA) is 46.5 Å². The highest BCUT2D eigenvalue weighted by Gasteiger charge is 2.21. The van der Waals surface area contributed by atoms with Gasteiger partial charge in [-0.05, 0) is 49.4 Å². The van der Waals surface area contributed by atoms with E-state index in [-0.39, 0.29) is 0 Å². The molecule has 1 aromatic rings. The average molecular weight is 248 g/mol. The van der Waals surface area contributed by atoms with E-state index < -0.39 is 6.10 Å². The van der Waals surface area contributed by atoms with Crippen LogP contribution in [0.5, 0.6) is 5.75 Å². The zero-order valence-electron chi connectivity index (χ0n) is 11.4. The van der Waals surface area contributed by atoms with Gasteiger partial charge in [0.05, 0.1) is 13.2 Å². The maximum atomic E-state index is 11.3. The van der Waals surface area contributed by atoms with E-state index in [9.17, 15) is 9.90 Å². The maximum Gasteiger partial charge on any atom is 0.150 e. The predicted molar refractivity (Wildman–Crippen MR) is 72.4 cm³/mol. The van der Waals surface area contributed by atoms with Crippen molar-refractivity contribution in [2.75, 3.05) is 7.11 Å². The van der Waals surface area contributed by atoms with E-state index in [4.69, 9.17) is 4.74 Å². The fraction of sp³-hybridized carbons (Fsp3) is 0.400. The molecule has 1 N–H and O–H groups in total. The molecule has 0 heterocycles. The van der Waals surface area contributed by atoms with Crippen molar-refractivity contribution in [1.82, 2.24) is 0 Å². The van der Waals surface area contributed by atoms with Gasteiger partial charge in [0.1, 0.15) is 5.75 Å². The average Bonchev–Trinajstić information content (AvgIpc) is 2.34. The van der Waals surface area contributed by atoms with Crippen LogP contribution in [0.3, 0.4) is 0 Å². The van der Waals surface area contributed by atoms with Crippen molar-refractivity contribution in [1.29, 1.82) is 0 Å². The summed E-state index contributed by atoms with van der Waals surface area (Å²) in [6.07, 6.45) is 2.13. The first-order valence-electron chi connectivity index (χ1n) is 5.91. The van der Waals surface area contributed by atoms with E-state index in [0.717, 1.165) is 28.7 Å². The van der Waals surface area contributed by atoms with Crippen LogP contribution in [0.15, 0.2) is 12.7 Å². The Balaban J connectivity index is 3.61. The molecule has 0 bridgehead atoms. The maximum absolute atomic E-state index is 11.3. The molecule has 98 valence electrons. The summed E-state index contributed by atoms with van der Waals surface area (Å²) in [5.41, 5.74) is 3.80. The van der Waals surface area contributed by atoms with Crippen molar-refractivity contribution in [2.24, 2.45) is 0 Å². The van der Waals surface area contributed by atoms with Gasteiger partial charge in [0, 0.05) is 5.56 Å². The van der Waals surface area contributed by atoms with Gasteiger partial charge in [-0.3, -0.25) is 4.79 Å². The molecule has 3 heteroatoms. The number of hydrogen-bond donors (Lipinski definition) is 1. The van der Waals surface area contributed by atoms with E-state index in [1.165, 1.54) is 0 Å². The van der Waals surface area contributed by atoms with Gasteiger partial charge in [0.2, 0.25) is 0 Å². The second-order valence-electron chi connectivity index (χ2n) is 4.39. The summed E-state index contributed by atoms with van der Waals surface area (Å²) in [5.74, 6) is 0.733. The van der Waals surface area contributed by atoms with E-state index in [1.807, 2.05) is 20.8 Å². The number of aldehydes is 1. The second kappa shape index (κ2) is 5.83. The third-order valence-electron chi connectivity index (χ3n) is 3.39. The van der Waals surface area contributed by atoms with Gasteiger partial charge in [0.15, 0.2) is 6.29 Å². The molecule has 0 fully saturated rings. The third kappa shape index (κ3) is 2.31. The van der Waals surface area contributed by atoms with Gasteiger partial charge in [-0.2, -0.15) is 0 Å². The molecular weight excluding hydrogens is 228 g/mol. The fourth-order valence-electron chi connectivity index (χ4n) is 2.34. The number of aliphatic hydroxyl groups is 1. The largest absolute Gasteiger partial charge is 0.496 e. The van der Waals surface area contributed by atoms with Crippen LogP contribution in [0.1, 0.15) is 45.1 Å². The molecule has 1 atom stereocenters. The van der Waals surface area contributed by atoms with Crippen molar-refractivity contribution in [3.63, 3.8) is 0 Å². The minimum absolute atomic E-state index is 0.410. The number of carbonyl (C=O) groups excluding carboxylic acids is 1. The molecule has 3 nitrogen and oxygen atoms in total. The van der Waals surface area contributed by atoms with Crippen molar-refractivity contribution >= 4 is 6.29 Å². The molecule has 0 aliphatic rings. The van der Waals surface area contributed by atoms with E-state index in [1.54, 1.807) is 13.2 Å². The van der Waals surface area contributed by atoms with E-state index in [2.05, 4.69) is 6.58 Å². The van der Waals surface area contributed by atoms with Crippen molar-refractivity contribution < 1.29 is 14.6 Å². The van der Waals surface area contributed by atoms with Gasteiger partial charge >= 0.3 is 0 Å². The van der Waals surface area contributed by atoms with Gasteiger partial charge in [-0.25, -0.2) is 0 Å². The fourth-order valence-corrected chi connectivity index (χ4v) is 2.34. The minimum Gasteiger partial charge on any atom is -0.496 e. The first kappa shape index (κ1) is 14.5.